The maximum atomic E-state index is 2.48. The van der Waals surface area contributed by atoms with E-state index in [1.165, 1.54) is 120 Å². The third kappa shape index (κ3) is 7.29. The Bertz CT molecular complexity index is 4500. The minimum absolute atomic E-state index is 0.475. The molecule has 14 aromatic rings. The number of thiophene rings is 1. The number of anilines is 3. The molecule has 0 saturated heterocycles. The lowest BCUT2D eigenvalue weighted by atomic mass is 9.67. The molecule has 0 radical (unpaired) electrons. The first-order valence-corrected chi connectivity index (χ1v) is 27.4. The van der Waals surface area contributed by atoms with Crippen molar-refractivity contribution in [1.82, 2.24) is 0 Å². The minimum atomic E-state index is -0.475. The summed E-state index contributed by atoms with van der Waals surface area (Å²) in [7, 11) is 0. The van der Waals surface area contributed by atoms with Crippen molar-refractivity contribution in [1.29, 1.82) is 0 Å². The average Bonchev–Trinajstić information content (AvgIpc) is 4.25. The topological polar surface area (TPSA) is 3.24 Å². The van der Waals surface area contributed by atoms with Crippen LogP contribution in [0.4, 0.5) is 17.1 Å². The zero-order chi connectivity index (χ0) is 50.9. The van der Waals surface area contributed by atoms with Crippen LogP contribution in [0.25, 0.3) is 97.4 Å². The quantitative estimate of drug-likeness (QED) is 0.139. The molecule has 0 atom stereocenters. The van der Waals surface area contributed by atoms with Gasteiger partial charge in [-0.3, -0.25) is 0 Å². The fourth-order valence-corrected chi connectivity index (χ4v) is 13.9. The van der Waals surface area contributed by atoms with Crippen molar-refractivity contribution < 1.29 is 0 Å². The van der Waals surface area contributed by atoms with Gasteiger partial charge in [0, 0.05) is 37.1 Å². The number of hydrogen-bond acceptors (Lipinski definition) is 2. The molecule has 77 heavy (non-hydrogen) atoms. The van der Waals surface area contributed by atoms with Crippen LogP contribution in [-0.2, 0) is 5.41 Å². The van der Waals surface area contributed by atoms with E-state index < -0.39 is 5.41 Å². The molecule has 0 fully saturated rings. The van der Waals surface area contributed by atoms with Crippen LogP contribution in [0.3, 0.4) is 0 Å². The van der Waals surface area contributed by atoms with Crippen LogP contribution in [0, 0.1) is 0 Å². The van der Waals surface area contributed by atoms with Crippen molar-refractivity contribution in [3.05, 3.63) is 320 Å². The first-order chi connectivity index (χ1) is 38.2. The minimum Gasteiger partial charge on any atom is -0.310 e. The Morgan fingerprint density at radius 3 is 1.45 bits per heavy atom. The van der Waals surface area contributed by atoms with Crippen molar-refractivity contribution in [2.75, 3.05) is 4.90 Å². The van der Waals surface area contributed by atoms with Gasteiger partial charge in [0.25, 0.3) is 0 Å². The van der Waals surface area contributed by atoms with E-state index in [9.17, 15) is 0 Å². The second kappa shape index (κ2) is 18.4. The molecule has 15 rings (SSSR count). The van der Waals surface area contributed by atoms with Crippen molar-refractivity contribution in [3.63, 3.8) is 0 Å². The zero-order valence-corrected chi connectivity index (χ0v) is 43.0. The Morgan fingerprint density at radius 2 is 0.766 bits per heavy atom. The summed E-state index contributed by atoms with van der Waals surface area (Å²) in [5.41, 5.74) is 20.2. The highest BCUT2D eigenvalue weighted by Gasteiger charge is 2.46. The Labute approximate surface area is 452 Å². The highest BCUT2D eigenvalue weighted by atomic mass is 32.1. The van der Waals surface area contributed by atoms with E-state index in [0.29, 0.717) is 0 Å². The summed E-state index contributed by atoms with van der Waals surface area (Å²) in [6, 6.07) is 110. The molecule has 2 heteroatoms. The third-order valence-electron chi connectivity index (χ3n) is 16.2. The van der Waals surface area contributed by atoms with Gasteiger partial charge < -0.3 is 4.90 Å². The monoisotopic (exact) mass is 995 g/mol. The van der Waals surface area contributed by atoms with Crippen molar-refractivity contribution in [2.24, 2.45) is 0 Å². The van der Waals surface area contributed by atoms with Crippen molar-refractivity contribution >= 4 is 70.1 Å². The highest BCUT2D eigenvalue weighted by Crippen LogP contribution is 2.57. The summed E-state index contributed by atoms with van der Waals surface area (Å²) in [5.74, 6) is 0. The fourth-order valence-electron chi connectivity index (χ4n) is 12.7. The van der Waals surface area contributed by atoms with E-state index >= 15 is 0 Å². The lowest BCUT2D eigenvalue weighted by Crippen LogP contribution is -2.28. The molecular weight excluding hydrogens is 947 g/mol. The largest absolute Gasteiger partial charge is 0.310 e. The number of benzene rings is 13. The van der Waals surface area contributed by atoms with Gasteiger partial charge in [-0.25, -0.2) is 0 Å². The van der Waals surface area contributed by atoms with Crippen LogP contribution < -0.4 is 4.90 Å². The smallest absolute Gasteiger partial charge is 0.0713 e. The predicted octanol–water partition coefficient (Wildman–Crippen LogP) is 20.9. The molecule has 1 aromatic heterocycles. The van der Waals surface area contributed by atoms with Crippen molar-refractivity contribution in [3.8, 4) is 55.6 Å². The van der Waals surface area contributed by atoms with Gasteiger partial charge in [-0.1, -0.05) is 249 Å². The van der Waals surface area contributed by atoms with Gasteiger partial charge in [-0.2, -0.15) is 0 Å². The van der Waals surface area contributed by atoms with Gasteiger partial charge in [0.2, 0.25) is 0 Å². The number of hydrogen-bond donors (Lipinski definition) is 0. The van der Waals surface area contributed by atoms with E-state index in [2.05, 4.69) is 302 Å². The number of nitrogens with zero attached hydrogens (tertiary/aromatic N) is 1. The maximum absolute atomic E-state index is 2.48. The predicted molar refractivity (Wildman–Crippen MR) is 328 cm³/mol. The molecule has 13 aromatic carbocycles. The lowest BCUT2D eigenvalue weighted by Gasteiger charge is -2.34. The molecule has 0 aliphatic heterocycles. The maximum Gasteiger partial charge on any atom is 0.0713 e. The first-order valence-electron chi connectivity index (χ1n) is 26.6. The molecule has 0 spiro atoms. The summed E-state index contributed by atoms with van der Waals surface area (Å²) < 4.78 is 2.55. The molecule has 1 heterocycles. The number of rotatable bonds is 9. The standard InChI is InChI=1S/C75H49NS/c1-3-24-57(25-4-1)75(58-26-5-2-6-27-58)69-34-13-11-30-65(69)66-45-40-55(49-70(66)75)51-38-43-60(44-39-51)76(59-41-36-50(37-42-59)54-22-15-23-56(48-54)63-32-16-20-52-18-7-9-28-61(52)63)71-47-46-67(64-33-17-21-53-19-8-10-29-62(53)64)74-73(71)68-31-12-14-35-72(68)77-74/h1-49H. The Morgan fingerprint density at radius 1 is 0.286 bits per heavy atom. The van der Waals surface area contributed by atoms with Gasteiger partial charge in [0.15, 0.2) is 0 Å². The van der Waals surface area contributed by atoms with Gasteiger partial charge in [0.1, 0.15) is 0 Å². The molecule has 360 valence electrons. The van der Waals surface area contributed by atoms with Gasteiger partial charge in [-0.05, 0) is 142 Å². The molecule has 1 aliphatic rings. The third-order valence-corrected chi connectivity index (χ3v) is 17.4. The molecule has 0 amide bonds. The van der Waals surface area contributed by atoms with Crippen LogP contribution >= 0.6 is 11.3 Å². The fraction of sp³-hybridized carbons (Fsp3) is 0.0133. The van der Waals surface area contributed by atoms with Crippen LogP contribution in [0.15, 0.2) is 297 Å². The van der Waals surface area contributed by atoms with Gasteiger partial charge in [-0.15, -0.1) is 11.3 Å². The average molecular weight is 996 g/mol. The molecule has 0 unspecified atom stereocenters. The van der Waals surface area contributed by atoms with E-state index in [1.807, 2.05) is 11.3 Å². The summed E-state index contributed by atoms with van der Waals surface area (Å²) in [6.07, 6.45) is 0. The van der Waals surface area contributed by atoms with Gasteiger partial charge in [0.05, 0.1) is 11.1 Å². The SMILES string of the molecule is c1ccc(C2(c3ccccc3)c3ccccc3-c3ccc(-c4ccc(N(c5ccc(-c6cccc(-c7cccc8ccccc78)c6)cc5)c5ccc(-c6cccc7ccccc67)c6sc7ccccc7c56)cc4)cc32)cc1. The highest BCUT2D eigenvalue weighted by molar-refractivity contribution is 7.26. The molecule has 0 bridgehead atoms. The normalized spacial score (nSPS) is 12.5. The molecule has 0 saturated carbocycles. The molecule has 1 nitrogen and oxygen atoms in total. The van der Waals surface area contributed by atoms with Crippen LogP contribution in [0.5, 0.6) is 0 Å². The molecular formula is C75H49NS. The Hall–Kier alpha value is -9.60. The van der Waals surface area contributed by atoms with Crippen LogP contribution in [0.1, 0.15) is 22.3 Å². The van der Waals surface area contributed by atoms with Crippen molar-refractivity contribution in [2.45, 2.75) is 5.41 Å². The van der Waals surface area contributed by atoms with E-state index in [1.54, 1.807) is 0 Å². The summed E-state index contributed by atoms with van der Waals surface area (Å²) in [5, 5.41) is 7.52. The second-order valence-corrected chi connectivity index (χ2v) is 21.3. The Kier molecular flexibility index (Phi) is 10.7. The molecule has 1 aliphatic carbocycles. The second-order valence-electron chi connectivity index (χ2n) is 20.3. The van der Waals surface area contributed by atoms with E-state index in [-0.39, 0.29) is 0 Å². The van der Waals surface area contributed by atoms with E-state index in [4.69, 9.17) is 0 Å². The zero-order valence-electron chi connectivity index (χ0n) is 42.1. The molecule has 0 N–H and O–H groups in total. The van der Waals surface area contributed by atoms with Gasteiger partial charge >= 0.3 is 0 Å². The first kappa shape index (κ1) is 44.8. The summed E-state index contributed by atoms with van der Waals surface area (Å²) in [4.78, 5) is 2.48. The van der Waals surface area contributed by atoms with E-state index in [0.717, 1.165) is 17.1 Å². The Balaban J connectivity index is 0.887. The summed E-state index contributed by atoms with van der Waals surface area (Å²) >= 11 is 1.89. The van der Waals surface area contributed by atoms with Crippen LogP contribution in [-0.4, -0.2) is 0 Å². The summed E-state index contributed by atoms with van der Waals surface area (Å²) in [6.45, 7) is 0. The van der Waals surface area contributed by atoms with Crippen LogP contribution in [0.2, 0.25) is 0 Å². The lowest BCUT2D eigenvalue weighted by molar-refractivity contribution is 0.769. The number of fused-ring (bicyclic) bond motifs is 8.